The molecule has 0 bridgehead atoms. The van der Waals surface area contributed by atoms with Crippen molar-refractivity contribution in [2.45, 2.75) is 77.8 Å². The number of hydrogen-bond donors (Lipinski definition) is 4. The van der Waals surface area contributed by atoms with Gasteiger partial charge in [0.2, 0.25) is 11.8 Å². The van der Waals surface area contributed by atoms with Crippen LogP contribution in [0.5, 0.6) is 0 Å². The number of nitrogens with zero attached hydrogens (tertiary/aromatic N) is 1. The van der Waals surface area contributed by atoms with Crippen molar-refractivity contribution < 1.29 is 24.2 Å². The number of nitrogens with one attached hydrogen (secondary N) is 2. The molecule has 1 heterocycles. The zero-order chi connectivity index (χ0) is 26.7. The molecule has 4 atom stereocenters. The van der Waals surface area contributed by atoms with Crippen molar-refractivity contribution in [1.29, 1.82) is 0 Å². The second-order valence-electron chi connectivity index (χ2n) is 10.3. The molecule has 0 saturated carbocycles. The number of rotatable bonds is 10. The van der Waals surface area contributed by atoms with Crippen molar-refractivity contribution in [2.24, 2.45) is 17.6 Å². The first kappa shape index (κ1) is 29.3. The Bertz CT molecular complexity index is 874. The Labute approximate surface area is 214 Å². The molecule has 36 heavy (non-hydrogen) atoms. The van der Waals surface area contributed by atoms with E-state index in [4.69, 9.17) is 10.5 Å². The van der Waals surface area contributed by atoms with Gasteiger partial charge in [0.15, 0.2) is 0 Å². The fourth-order valence-electron chi connectivity index (χ4n) is 4.09. The van der Waals surface area contributed by atoms with Crippen molar-refractivity contribution in [3.63, 3.8) is 0 Å². The quantitative estimate of drug-likeness (QED) is 0.363. The Hall–Kier alpha value is -2.91. The van der Waals surface area contributed by atoms with Gasteiger partial charge in [-0.25, -0.2) is 4.79 Å². The topological polar surface area (TPSA) is 134 Å². The molecule has 0 fully saturated rings. The van der Waals surface area contributed by atoms with Crippen LogP contribution in [-0.2, 0) is 20.9 Å². The van der Waals surface area contributed by atoms with Gasteiger partial charge >= 0.3 is 6.09 Å². The van der Waals surface area contributed by atoms with Crippen LogP contribution >= 0.6 is 0 Å². The lowest BCUT2D eigenvalue weighted by atomic mass is 9.99. The van der Waals surface area contributed by atoms with Gasteiger partial charge in [0, 0.05) is 13.1 Å². The Balaban J connectivity index is 2.02. The molecular weight excluding hydrogens is 460 g/mol. The molecule has 1 aliphatic heterocycles. The van der Waals surface area contributed by atoms with Crippen LogP contribution in [0, 0.1) is 11.8 Å². The second-order valence-corrected chi connectivity index (χ2v) is 10.3. The Morgan fingerprint density at radius 1 is 1.08 bits per heavy atom. The van der Waals surface area contributed by atoms with Gasteiger partial charge < -0.3 is 31.1 Å². The Morgan fingerprint density at radius 2 is 1.75 bits per heavy atom. The number of aliphatic hydroxyl groups excluding tert-OH is 1. The Kier molecular flexibility index (Phi) is 11.9. The highest BCUT2D eigenvalue weighted by Crippen LogP contribution is 2.14. The molecule has 200 valence electrons. The predicted octanol–water partition coefficient (Wildman–Crippen LogP) is 2.34. The number of carbonyl (C=O) groups is 3. The van der Waals surface area contributed by atoms with E-state index in [1.54, 1.807) is 0 Å². The molecular formula is C27H42N4O5. The summed E-state index contributed by atoms with van der Waals surface area (Å²) in [5.41, 5.74) is 6.84. The molecule has 5 N–H and O–H groups in total. The third-order valence-corrected chi connectivity index (χ3v) is 5.97. The minimum atomic E-state index is -0.987. The monoisotopic (exact) mass is 502 g/mol. The van der Waals surface area contributed by atoms with Crippen molar-refractivity contribution >= 4 is 17.9 Å². The summed E-state index contributed by atoms with van der Waals surface area (Å²) < 4.78 is 5.31. The first-order valence-corrected chi connectivity index (χ1v) is 12.7. The Morgan fingerprint density at radius 3 is 2.39 bits per heavy atom. The van der Waals surface area contributed by atoms with Crippen LogP contribution < -0.4 is 16.4 Å². The van der Waals surface area contributed by atoms with Crippen molar-refractivity contribution in [3.05, 3.63) is 48.0 Å². The number of carbonyl (C=O) groups excluding carboxylic acids is 3. The lowest BCUT2D eigenvalue weighted by molar-refractivity contribution is -0.135. The molecule has 1 aromatic carbocycles. The summed E-state index contributed by atoms with van der Waals surface area (Å²) in [6.45, 7) is 8.31. The fraction of sp³-hybridized carbons (Fsp3) is 0.593. The van der Waals surface area contributed by atoms with Gasteiger partial charge in [-0.15, -0.1) is 0 Å². The molecule has 0 aromatic heterocycles. The molecule has 1 aromatic rings. The van der Waals surface area contributed by atoms with E-state index in [2.05, 4.69) is 10.6 Å². The zero-order valence-electron chi connectivity index (χ0n) is 21.9. The summed E-state index contributed by atoms with van der Waals surface area (Å²) >= 11 is 0. The maximum atomic E-state index is 13.4. The minimum absolute atomic E-state index is 0.0167. The normalized spacial score (nSPS) is 20.7. The average Bonchev–Trinajstić information content (AvgIpc) is 2.81. The summed E-state index contributed by atoms with van der Waals surface area (Å²) in [6.07, 6.45) is 3.39. The number of benzene rings is 1. The number of β-amino-alcohol motifs (C(OH)–C–C–N with tert-alkyl or cyclic N) is 1. The summed E-state index contributed by atoms with van der Waals surface area (Å²) in [7, 11) is 0. The lowest BCUT2D eigenvalue weighted by Gasteiger charge is -2.33. The average molecular weight is 503 g/mol. The van der Waals surface area contributed by atoms with Gasteiger partial charge in [-0.3, -0.25) is 9.59 Å². The lowest BCUT2D eigenvalue weighted by Crippen LogP contribution is -2.56. The molecule has 9 heteroatoms. The van der Waals surface area contributed by atoms with E-state index in [0.717, 1.165) is 5.56 Å². The van der Waals surface area contributed by atoms with Gasteiger partial charge in [0.25, 0.3) is 0 Å². The number of amides is 3. The van der Waals surface area contributed by atoms with E-state index in [1.807, 2.05) is 70.2 Å². The number of ether oxygens (including phenoxy) is 1. The summed E-state index contributed by atoms with van der Waals surface area (Å²) in [4.78, 5) is 39.9. The largest absolute Gasteiger partial charge is 0.445 e. The van der Waals surface area contributed by atoms with E-state index >= 15 is 0 Å². The predicted molar refractivity (Wildman–Crippen MR) is 139 cm³/mol. The summed E-state index contributed by atoms with van der Waals surface area (Å²) in [5.74, 6) is -0.225. The van der Waals surface area contributed by atoms with Crippen LogP contribution in [-0.4, -0.2) is 65.2 Å². The number of alkyl carbamates (subject to hydrolysis) is 1. The maximum absolute atomic E-state index is 13.4. The molecule has 9 nitrogen and oxygen atoms in total. The van der Waals surface area contributed by atoms with E-state index < -0.39 is 30.3 Å². The van der Waals surface area contributed by atoms with Crippen LogP contribution in [0.2, 0.25) is 0 Å². The van der Waals surface area contributed by atoms with Gasteiger partial charge in [-0.2, -0.15) is 0 Å². The van der Waals surface area contributed by atoms with Crippen LogP contribution in [0.15, 0.2) is 42.5 Å². The number of aliphatic hydroxyl groups is 1. The van der Waals surface area contributed by atoms with E-state index in [-0.39, 0.29) is 36.8 Å². The van der Waals surface area contributed by atoms with Gasteiger partial charge in [0.1, 0.15) is 12.6 Å². The molecule has 2 unspecified atom stereocenters. The summed E-state index contributed by atoms with van der Waals surface area (Å²) in [6, 6.07) is 7.25. The number of hydrogen-bond acceptors (Lipinski definition) is 6. The maximum Gasteiger partial charge on any atom is 0.408 e. The van der Waals surface area contributed by atoms with Gasteiger partial charge in [0.05, 0.1) is 18.2 Å². The smallest absolute Gasteiger partial charge is 0.408 e. The second kappa shape index (κ2) is 14.6. The van der Waals surface area contributed by atoms with Crippen LogP contribution in [0.4, 0.5) is 4.79 Å². The number of nitrogens with two attached hydrogens (primary N) is 1. The third-order valence-electron chi connectivity index (χ3n) is 5.97. The summed E-state index contributed by atoms with van der Waals surface area (Å²) in [5, 5.41) is 16.4. The highest BCUT2D eigenvalue weighted by Gasteiger charge is 2.32. The molecule has 2 rings (SSSR count). The van der Waals surface area contributed by atoms with Crippen LogP contribution in [0.25, 0.3) is 0 Å². The van der Waals surface area contributed by atoms with E-state index in [9.17, 15) is 19.5 Å². The van der Waals surface area contributed by atoms with E-state index in [1.165, 1.54) is 4.90 Å². The third kappa shape index (κ3) is 9.99. The highest BCUT2D eigenvalue weighted by molar-refractivity contribution is 5.86. The first-order valence-electron chi connectivity index (χ1n) is 12.7. The molecule has 0 spiro atoms. The van der Waals surface area contributed by atoms with E-state index in [0.29, 0.717) is 25.8 Å². The van der Waals surface area contributed by atoms with Crippen molar-refractivity contribution in [1.82, 2.24) is 15.5 Å². The standard InChI is InChI=1S/C27H42N4O5/c1-18(2)14-21(28)25(33)29-22-12-8-9-13-31(16-24(22)32)26(34)23(15-19(3)4)30-27(35)36-17-20-10-6-5-7-11-20/h5-11,18-19,21-24,32H,12-17,28H2,1-4H3,(H,29,33)(H,30,35)/b9-8-/t21-,22?,23-,24?/m0/s1. The fourth-order valence-corrected chi connectivity index (χ4v) is 4.09. The minimum Gasteiger partial charge on any atom is -0.445 e. The zero-order valence-corrected chi connectivity index (χ0v) is 21.9. The SMILES string of the molecule is CC(C)C[C@H](NC(=O)OCc1ccccc1)C(=O)N1C/C=C\CC(NC(=O)[C@@H](N)CC(C)C)C(O)C1. The van der Waals surface area contributed by atoms with Gasteiger partial charge in [-0.1, -0.05) is 70.2 Å². The van der Waals surface area contributed by atoms with Crippen LogP contribution in [0.3, 0.4) is 0 Å². The van der Waals surface area contributed by atoms with Crippen molar-refractivity contribution in [2.75, 3.05) is 13.1 Å². The molecule has 0 saturated heterocycles. The molecule has 0 aliphatic carbocycles. The van der Waals surface area contributed by atoms with Crippen LogP contribution in [0.1, 0.15) is 52.5 Å². The molecule has 0 radical (unpaired) electrons. The molecule has 1 aliphatic rings. The van der Waals surface area contributed by atoms with Crippen molar-refractivity contribution in [3.8, 4) is 0 Å². The highest BCUT2D eigenvalue weighted by atomic mass is 16.5. The first-order chi connectivity index (χ1) is 17.1. The van der Waals surface area contributed by atoms with Gasteiger partial charge in [-0.05, 0) is 36.7 Å². The molecule has 3 amide bonds.